The minimum absolute atomic E-state index is 0.0810. The van der Waals surface area contributed by atoms with Gasteiger partial charge in [0.15, 0.2) is 0 Å². The molecule has 0 spiro atoms. The Balaban J connectivity index is 2.19. The Kier molecular flexibility index (Phi) is 5.34. The van der Waals surface area contributed by atoms with Gasteiger partial charge in [-0.25, -0.2) is 0 Å². The van der Waals surface area contributed by atoms with Crippen molar-refractivity contribution in [2.45, 2.75) is 25.1 Å². The van der Waals surface area contributed by atoms with Crippen molar-refractivity contribution in [2.75, 3.05) is 13.6 Å². The number of aliphatic carboxylic acids is 1. The molecule has 2 N–H and O–H groups in total. The van der Waals surface area contributed by atoms with Crippen LogP contribution in [0.25, 0.3) is 0 Å². The molecule has 0 aromatic heterocycles. The van der Waals surface area contributed by atoms with Gasteiger partial charge in [0.05, 0.1) is 23.9 Å². The van der Waals surface area contributed by atoms with E-state index in [0.717, 1.165) is 12.1 Å². The van der Waals surface area contributed by atoms with Crippen LogP contribution >= 0.6 is 0 Å². The Morgan fingerprint density at radius 1 is 1.28 bits per heavy atom. The number of alkyl halides is 3. The highest BCUT2D eigenvalue weighted by Crippen LogP contribution is 2.38. The number of nitrogens with one attached hydrogen (secondary N) is 1. The van der Waals surface area contributed by atoms with Crippen molar-refractivity contribution in [1.82, 2.24) is 10.2 Å². The van der Waals surface area contributed by atoms with E-state index in [1.807, 2.05) is 0 Å². The summed E-state index contributed by atoms with van der Waals surface area (Å²) < 4.78 is 38.0. The van der Waals surface area contributed by atoms with Crippen molar-refractivity contribution in [2.24, 2.45) is 5.92 Å². The SMILES string of the molecule is CN1C(=O)C[C@@H](C(=O)NCCC(=O)O)[C@H]1c1ccc(C(F)(F)F)cc1. The van der Waals surface area contributed by atoms with Crippen molar-refractivity contribution in [3.63, 3.8) is 0 Å². The van der Waals surface area contributed by atoms with Gasteiger partial charge >= 0.3 is 12.1 Å². The van der Waals surface area contributed by atoms with Gasteiger partial charge in [0.1, 0.15) is 0 Å². The highest BCUT2D eigenvalue weighted by molar-refractivity contribution is 5.90. The van der Waals surface area contributed by atoms with E-state index in [0.29, 0.717) is 5.56 Å². The number of carbonyl (C=O) groups excluding carboxylic acids is 2. The van der Waals surface area contributed by atoms with Crippen molar-refractivity contribution in [3.8, 4) is 0 Å². The lowest BCUT2D eigenvalue weighted by molar-refractivity contribution is -0.138. The van der Waals surface area contributed by atoms with Gasteiger partial charge < -0.3 is 15.3 Å². The lowest BCUT2D eigenvalue weighted by Gasteiger charge is -2.25. The molecule has 9 heteroatoms. The van der Waals surface area contributed by atoms with Gasteiger partial charge in [0, 0.05) is 20.0 Å². The molecule has 1 heterocycles. The van der Waals surface area contributed by atoms with E-state index >= 15 is 0 Å². The number of likely N-dealkylation sites (tertiary alicyclic amines) is 1. The molecular weight excluding hydrogens is 341 g/mol. The highest BCUT2D eigenvalue weighted by Gasteiger charge is 2.42. The molecule has 1 aliphatic rings. The van der Waals surface area contributed by atoms with Gasteiger partial charge in [-0.05, 0) is 17.7 Å². The minimum Gasteiger partial charge on any atom is -0.481 e. The van der Waals surface area contributed by atoms with Crippen molar-refractivity contribution in [1.29, 1.82) is 0 Å². The maximum absolute atomic E-state index is 12.7. The summed E-state index contributed by atoms with van der Waals surface area (Å²) in [5, 5.41) is 11.0. The van der Waals surface area contributed by atoms with Crippen LogP contribution in [0.15, 0.2) is 24.3 Å². The highest BCUT2D eigenvalue weighted by atomic mass is 19.4. The number of hydrogen-bond donors (Lipinski definition) is 2. The number of carboxylic acids is 1. The number of hydrogen-bond acceptors (Lipinski definition) is 3. The summed E-state index contributed by atoms with van der Waals surface area (Å²) in [5.41, 5.74) is -0.398. The van der Waals surface area contributed by atoms with Crippen molar-refractivity contribution < 1.29 is 32.7 Å². The molecule has 0 unspecified atom stereocenters. The quantitative estimate of drug-likeness (QED) is 0.841. The Morgan fingerprint density at radius 2 is 1.88 bits per heavy atom. The topological polar surface area (TPSA) is 86.7 Å². The molecule has 6 nitrogen and oxygen atoms in total. The molecule has 2 rings (SSSR count). The summed E-state index contributed by atoms with van der Waals surface area (Å²) in [4.78, 5) is 36.0. The molecule has 2 amide bonds. The molecule has 25 heavy (non-hydrogen) atoms. The minimum atomic E-state index is -4.47. The standard InChI is InChI=1S/C16H17F3N2O4/c1-21-12(22)8-11(15(25)20-7-6-13(23)24)14(21)9-2-4-10(5-3-9)16(17,18)19/h2-5,11,14H,6-8H2,1H3,(H,20,25)(H,23,24)/t11-,14-/m1/s1. The van der Waals surface area contributed by atoms with Crippen LogP contribution in [0.3, 0.4) is 0 Å². The van der Waals surface area contributed by atoms with Crippen LogP contribution in [0.4, 0.5) is 13.2 Å². The van der Waals surface area contributed by atoms with E-state index in [1.165, 1.54) is 24.1 Å². The number of rotatable bonds is 5. The third-order valence-corrected chi connectivity index (χ3v) is 4.14. The smallest absolute Gasteiger partial charge is 0.416 e. The summed E-state index contributed by atoms with van der Waals surface area (Å²) in [5.74, 6) is -2.66. The van der Waals surface area contributed by atoms with Gasteiger partial charge in [-0.3, -0.25) is 14.4 Å². The Bertz CT molecular complexity index is 673. The van der Waals surface area contributed by atoms with Gasteiger partial charge in [-0.2, -0.15) is 13.2 Å². The van der Waals surface area contributed by atoms with Gasteiger partial charge in [0.2, 0.25) is 11.8 Å². The second kappa shape index (κ2) is 7.12. The van der Waals surface area contributed by atoms with Crippen LogP contribution in [0.5, 0.6) is 0 Å². The summed E-state index contributed by atoms with van der Waals surface area (Å²) in [6, 6.07) is 3.62. The fraction of sp³-hybridized carbons (Fsp3) is 0.438. The van der Waals surface area contributed by atoms with E-state index in [2.05, 4.69) is 5.32 Å². The van der Waals surface area contributed by atoms with E-state index in [1.54, 1.807) is 0 Å². The predicted octanol–water partition coefficient (Wildman–Crippen LogP) is 1.82. The third kappa shape index (κ3) is 4.28. The summed E-state index contributed by atoms with van der Waals surface area (Å²) in [6.45, 7) is -0.0810. The van der Waals surface area contributed by atoms with E-state index in [4.69, 9.17) is 5.11 Å². The first-order valence-corrected chi connectivity index (χ1v) is 7.53. The Morgan fingerprint density at radius 3 is 2.40 bits per heavy atom. The molecule has 1 saturated heterocycles. The molecule has 1 aromatic carbocycles. The summed E-state index contributed by atoms with van der Waals surface area (Å²) in [7, 11) is 1.48. The maximum atomic E-state index is 12.7. The van der Waals surface area contributed by atoms with Crippen molar-refractivity contribution >= 4 is 17.8 Å². The fourth-order valence-corrected chi connectivity index (χ4v) is 2.85. The number of amides is 2. The number of carboxylic acid groups (broad SMARTS) is 1. The number of halogens is 3. The Labute approximate surface area is 141 Å². The predicted molar refractivity (Wildman–Crippen MR) is 80.3 cm³/mol. The second-order valence-corrected chi connectivity index (χ2v) is 5.81. The van der Waals surface area contributed by atoms with E-state index in [9.17, 15) is 27.6 Å². The van der Waals surface area contributed by atoms with Gasteiger partial charge in [-0.15, -0.1) is 0 Å². The fourth-order valence-electron chi connectivity index (χ4n) is 2.85. The molecule has 0 radical (unpaired) electrons. The first-order valence-electron chi connectivity index (χ1n) is 7.53. The first kappa shape index (κ1) is 18.8. The van der Waals surface area contributed by atoms with Crippen LogP contribution in [-0.4, -0.2) is 41.4 Å². The molecule has 1 aliphatic heterocycles. The van der Waals surface area contributed by atoms with Crippen molar-refractivity contribution in [3.05, 3.63) is 35.4 Å². The molecule has 0 saturated carbocycles. The molecule has 0 bridgehead atoms. The maximum Gasteiger partial charge on any atom is 0.416 e. The third-order valence-electron chi connectivity index (χ3n) is 4.14. The second-order valence-electron chi connectivity index (χ2n) is 5.81. The zero-order valence-corrected chi connectivity index (χ0v) is 13.3. The molecule has 1 aromatic rings. The van der Waals surface area contributed by atoms with E-state index in [-0.39, 0.29) is 25.3 Å². The zero-order valence-electron chi connectivity index (χ0n) is 13.3. The molecule has 2 atom stereocenters. The summed E-state index contributed by atoms with van der Waals surface area (Å²) in [6.07, 6.45) is -4.81. The lowest BCUT2D eigenvalue weighted by atomic mass is 9.92. The van der Waals surface area contributed by atoms with Crippen LogP contribution in [0.2, 0.25) is 0 Å². The molecule has 0 aliphatic carbocycles. The molecule has 1 fully saturated rings. The number of carbonyl (C=O) groups is 3. The first-order chi connectivity index (χ1) is 11.6. The van der Waals surface area contributed by atoms with Crippen LogP contribution in [0, 0.1) is 5.92 Å². The van der Waals surface area contributed by atoms with Crippen LogP contribution in [-0.2, 0) is 20.6 Å². The number of benzene rings is 1. The summed E-state index contributed by atoms with van der Waals surface area (Å²) >= 11 is 0. The monoisotopic (exact) mass is 358 g/mol. The molecule has 136 valence electrons. The van der Waals surface area contributed by atoms with E-state index < -0.39 is 35.6 Å². The van der Waals surface area contributed by atoms with Gasteiger partial charge in [0.25, 0.3) is 0 Å². The number of nitrogens with zero attached hydrogens (tertiary/aromatic N) is 1. The zero-order chi connectivity index (χ0) is 18.8. The normalized spacial score (nSPS) is 20.6. The van der Waals surface area contributed by atoms with Gasteiger partial charge in [-0.1, -0.05) is 12.1 Å². The Hall–Kier alpha value is -2.58. The van der Waals surface area contributed by atoms with Crippen LogP contribution in [0.1, 0.15) is 30.0 Å². The van der Waals surface area contributed by atoms with Crippen LogP contribution < -0.4 is 5.32 Å². The average molecular weight is 358 g/mol. The lowest BCUT2D eigenvalue weighted by Crippen LogP contribution is -2.35. The largest absolute Gasteiger partial charge is 0.481 e. The average Bonchev–Trinajstić information content (AvgIpc) is 2.82. The molecular formula is C16H17F3N2O4.